The minimum absolute atomic E-state index is 0.754. The maximum absolute atomic E-state index is 4.84. The first-order valence-corrected chi connectivity index (χ1v) is 7.23. The number of fused-ring (bicyclic) bond motifs is 3. The Bertz CT molecular complexity index is 531. The quantitative estimate of drug-likeness (QED) is 0.735. The molecule has 16 heavy (non-hydrogen) atoms. The van der Waals surface area contributed by atoms with Gasteiger partial charge in [0.1, 0.15) is 0 Å². The summed E-state index contributed by atoms with van der Waals surface area (Å²) in [5.41, 5.74) is 2.91. The fourth-order valence-corrected chi connectivity index (χ4v) is 4.44. The number of thiazole rings is 1. The van der Waals surface area contributed by atoms with Crippen molar-refractivity contribution in [2.45, 2.75) is 50.9 Å². The van der Waals surface area contributed by atoms with Crippen LogP contribution in [-0.4, -0.2) is 9.38 Å². The number of imidazole rings is 1. The number of hydrogen-bond donors (Lipinski definition) is 0. The van der Waals surface area contributed by atoms with Gasteiger partial charge in [-0.25, -0.2) is 4.98 Å². The van der Waals surface area contributed by atoms with Crippen molar-refractivity contribution in [1.82, 2.24) is 9.38 Å². The van der Waals surface area contributed by atoms with E-state index in [1.54, 1.807) is 10.6 Å². The molecule has 2 heterocycles. The Labute approximate surface area is 99.3 Å². The highest BCUT2D eigenvalue weighted by Crippen LogP contribution is 2.36. The lowest BCUT2D eigenvalue weighted by Crippen LogP contribution is -1.92. The molecule has 1 fully saturated rings. The number of rotatable bonds is 1. The summed E-state index contributed by atoms with van der Waals surface area (Å²) in [6.07, 6.45) is 11.7. The molecule has 2 nitrogen and oxygen atoms in total. The third-order valence-electron chi connectivity index (χ3n) is 4.11. The third-order valence-corrected chi connectivity index (χ3v) is 5.27. The topological polar surface area (TPSA) is 17.3 Å². The van der Waals surface area contributed by atoms with Crippen LogP contribution in [0.25, 0.3) is 4.96 Å². The molecule has 2 aromatic heterocycles. The van der Waals surface area contributed by atoms with Crippen LogP contribution in [0.5, 0.6) is 0 Å². The smallest absolute Gasteiger partial charge is 0.194 e. The summed E-state index contributed by atoms with van der Waals surface area (Å²) in [4.78, 5) is 7.67. The molecule has 3 heteroatoms. The normalized spacial score (nSPS) is 21.0. The van der Waals surface area contributed by atoms with Gasteiger partial charge in [-0.05, 0) is 32.1 Å². The molecule has 0 bridgehead atoms. The van der Waals surface area contributed by atoms with Crippen LogP contribution in [0.4, 0.5) is 0 Å². The summed E-state index contributed by atoms with van der Waals surface area (Å²) >= 11 is 1.92. The van der Waals surface area contributed by atoms with E-state index >= 15 is 0 Å². The Morgan fingerprint density at radius 2 is 2.06 bits per heavy atom. The summed E-state index contributed by atoms with van der Waals surface area (Å²) in [6, 6.07) is 0. The van der Waals surface area contributed by atoms with Crippen molar-refractivity contribution < 1.29 is 0 Å². The van der Waals surface area contributed by atoms with Crippen LogP contribution in [0.1, 0.15) is 54.3 Å². The van der Waals surface area contributed by atoms with Crippen LogP contribution < -0.4 is 0 Å². The first-order chi connectivity index (χ1) is 7.92. The monoisotopic (exact) mass is 232 g/mol. The SMILES string of the molecule is c1c(C2CCCC2)nc2sc3c(n12)CCC3. The molecule has 1 saturated carbocycles. The van der Waals surface area contributed by atoms with Gasteiger partial charge in [-0.15, -0.1) is 11.3 Å². The predicted molar refractivity (Wildman–Crippen MR) is 66.3 cm³/mol. The lowest BCUT2D eigenvalue weighted by atomic mass is 10.1. The van der Waals surface area contributed by atoms with E-state index in [9.17, 15) is 0 Å². The Morgan fingerprint density at radius 1 is 1.19 bits per heavy atom. The molecule has 0 radical (unpaired) electrons. The Hall–Kier alpha value is -0.830. The molecule has 0 aromatic carbocycles. The Kier molecular flexibility index (Phi) is 1.92. The molecule has 2 aliphatic carbocycles. The zero-order valence-electron chi connectivity index (χ0n) is 9.41. The van der Waals surface area contributed by atoms with E-state index in [0.29, 0.717) is 0 Å². The van der Waals surface area contributed by atoms with Gasteiger partial charge in [-0.1, -0.05) is 12.8 Å². The number of aromatic nitrogens is 2. The van der Waals surface area contributed by atoms with Crippen molar-refractivity contribution in [2.24, 2.45) is 0 Å². The van der Waals surface area contributed by atoms with Gasteiger partial charge in [0.05, 0.1) is 5.69 Å². The fraction of sp³-hybridized carbons (Fsp3) is 0.615. The lowest BCUT2D eigenvalue weighted by molar-refractivity contribution is 0.703. The maximum Gasteiger partial charge on any atom is 0.194 e. The highest BCUT2D eigenvalue weighted by molar-refractivity contribution is 7.17. The molecule has 2 aromatic rings. The molecule has 2 aliphatic rings. The van der Waals surface area contributed by atoms with Crippen molar-refractivity contribution in [3.05, 3.63) is 22.5 Å². The van der Waals surface area contributed by atoms with E-state index in [1.165, 1.54) is 55.6 Å². The molecular formula is C13H16N2S. The van der Waals surface area contributed by atoms with Crippen molar-refractivity contribution in [3.63, 3.8) is 0 Å². The first kappa shape index (κ1) is 9.23. The summed E-state index contributed by atoms with van der Waals surface area (Å²) in [5, 5.41) is 0. The fourth-order valence-electron chi connectivity index (χ4n) is 3.24. The molecule has 0 amide bonds. The van der Waals surface area contributed by atoms with Crippen molar-refractivity contribution in [2.75, 3.05) is 0 Å². The number of hydrogen-bond acceptors (Lipinski definition) is 2. The number of nitrogens with zero attached hydrogens (tertiary/aromatic N) is 2. The molecule has 4 rings (SSSR count). The predicted octanol–water partition coefficient (Wildman–Crippen LogP) is 3.54. The molecule has 0 spiro atoms. The first-order valence-electron chi connectivity index (χ1n) is 6.41. The summed E-state index contributed by atoms with van der Waals surface area (Å²) < 4.78 is 2.38. The van der Waals surface area contributed by atoms with Crippen molar-refractivity contribution in [3.8, 4) is 0 Å². The maximum atomic E-state index is 4.84. The summed E-state index contributed by atoms with van der Waals surface area (Å²) in [5.74, 6) is 0.754. The van der Waals surface area contributed by atoms with E-state index in [0.717, 1.165) is 5.92 Å². The van der Waals surface area contributed by atoms with Gasteiger partial charge < -0.3 is 0 Å². The molecule has 0 atom stereocenters. The van der Waals surface area contributed by atoms with Gasteiger partial charge in [0.25, 0.3) is 0 Å². The average molecular weight is 232 g/mol. The third kappa shape index (κ3) is 1.21. The van der Waals surface area contributed by atoms with E-state index in [4.69, 9.17) is 4.98 Å². The zero-order chi connectivity index (χ0) is 10.5. The molecule has 84 valence electrons. The summed E-state index contributed by atoms with van der Waals surface area (Å²) in [6.45, 7) is 0. The Morgan fingerprint density at radius 3 is 2.94 bits per heavy atom. The zero-order valence-corrected chi connectivity index (χ0v) is 10.2. The van der Waals surface area contributed by atoms with Gasteiger partial charge in [-0.3, -0.25) is 4.40 Å². The minimum Gasteiger partial charge on any atom is -0.294 e. The van der Waals surface area contributed by atoms with Crippen molar-refractivity contribution >= 4 is 16.3 Å². The Balaban J connectivity index is 1.82. The van der Waals surface area contributed by atoms with Crippen LogP contribution in [-0.2, 0) is 12.8 Å². The van der Waals surface area contributed by atoms with Crippen LogP contribution >= 0.6 is 11.3 Å². The lowest BCUT2D eigenvalue weighted by Gasteiger charge is -2.02. The highest BCUT2D eigenvalue weighted by Gasteiger charge is 2.23. The number of aryl methyl sites for hydroxylation is 2. The second kappa shape index (κ2) is 3.33. The van der Waals surface area contributed by atoms with Crippen LogP contribution in [0.3, 0.4) is 0 Å². The minimum atomic E-state index is 0.754. The van der Waals surface area contributed by atoms with Crippen LogP contribution in [0, 0.1) is 0 Å². The van der Waals surface area contributed by atoms with E-state index in [-0.39, 0.29) is 0 Å². The van der Waals surface area contributed by atoms with E-state index in [2.05, 4.69) is 10.6 Å². The van der Waals surface area contributed by atoms with Gasteiger partial charge in [0.15, 0.2) is 4.96 Å². The second-order valence-corrected chi connectivity index (χ2v) is 6.19. The molecule has 0 saturated heterocycles. The standard InChI is InChI=1S/C13H16N2S/c1-2-5-9(4-1)10-8-15-11-6-3-7-12(11)16-13(15)14-10/h8-9H,1-7H2. The van der Waals surface area contributed by atoms with Crippen LogP contribution in [0.2, 0.25) is 0 Å². The van der Waals surface area contributed by atoms with E-state index in [1.807, 2.05) is 11.3 Å². The largest absolute Gasteiger partial charge is 0.294 e. The van der Waals surface area contributed by atoms with Gasteiger partial charge in [0.2, 0.25) is 0 Å². The van der Waals surface area contributed by atoms with Gasteiger partial charge in [0, 0.05) is 22.7 Å². The average Bonchev–Trinajstić information content (AvgIpc) is 2.98. The molecular weight excluding hydrogens is 216 g/mol. The second-order valence-electron chi connectivity index (χ2n) is 5.13. The van der Waals surface area contributed by atoms with Crippen molar-refractivity contribution in [1.29, 1.82) is 0 Å². The molecule has 0 N–H and O–H groups in total. The van der Waals surface area contributed by atoms with Gasteiger partial charge in [-0.2, -0.15) is 0 Å². The molecule has 0 unspecified atom stereocenters. The van der Waals surface area contributed by atoms with E-state index < -0.39 is 0 Å². The molecule has 0 aliphatic heterocycles. The van der Waals surface area contributed by atoms with Gasteiger partial charge >= 0.3 is 0 Å². The van der Waals surface area contributed by atoms with Crippen LogP contribution in [0.15, 0.2) is 6.20 Å². The highest BCUT2D eigenvalue weighted by atomic mass is 32.1. The summed E-state index contributed by atoms with van der Waals surface area (Å²) in [7, 11) is 0.